The molecule has 1 atom stereocenters. The van der Waals surface area contributed by atoms with Crippen molar-refractivity contribution in [3.05, 3.63) is 88.4 Å². The standard InChI is InChI=1S/C24H23ClN2O3/c1-15-5-4-6-22(16(15)2)27-23(28)17(3)30-21-13-7-18(8-14-21)24(29)26-20-11-9-19(25)10-12-20/h4-14,17H,1-3H3,(H,26,29)(H,27,28)/t17-/m0/s1. The van der Waals surface area contributed by atoms with Gasteiger partial charge >= 0.3 is 0 Å². The molecule has 30 heavy (non-hydrogen) atoms. The highest BCUT2D eigenvalue weighted by Gasteiger charge is 2.16. The lowest BCUT2D eigenvalue weighted by atomic mass is 10.1. The van der Waals surface area contributed by atoms with Gasteiger partial charge in [-0.1, -0.05) is 23.7 Å². The normalized spacial score (nSPS) is 11.5. The van der Waals surface area contributed by atoms with Gasteiger partial charge in [0.05, 0.1) is 0 Å². The van der Waals surface area contributed by atoms with Crippen LogP contribution in [0.2, 0.25) is 5.02 Å². The van der Waals surface area contributed by atoms with Crippen molar-refractivity contribution < 1.29 is 14.3 Å². The summed E-state index contributed by atoms with van der Waals surface area (Å²) in [5, 5.41) is 6.29. The van der Waals surface area contributed by atoms with E-state index in [4.69, 9.17) is 16.3 Å². The molecule has 0 unspecified atom stereocenters. The lowest BCUT2D eigenvalue weighted by molar-refractivity contribution is -0.122. The maximum absolute atomic E-state index is 12.5. The molecule has 2 amide bonds. The lowest BCUT2D eigenvalue weighted by Gasteiger charge is -2.16. The van der Waals surface area contributed by atoms with E-state index >= 15 is 0 Å². The Morgan fingerprint density at radius 2 is 1.57 bits per heavy atom. The lowest BCUT2D eigenvalue weighted by Crippen LogP contribution is -2.30. The topological polar surface area (TPSA) is 67.4 Å². The predicted octanol–water partition coefficient (Wildman–Crippen LogP) is 5.62. The first-order chi connectivity index (χ1) is 14.3. The molecular formula is C24H23ClN2O3. The van der Waals surface area contributed by atoms with Gasteiger partial charge in [0.25, 0.3) is 11.8 Å². The molecule has 3 rings (SSSR count). The van der Waals surface area contributed by atoms with Crippen LogP contribution in [0.4, 0.5) is 11.4 Å². The molecule has 2 N–H and O–H groups in total. The molecule has 0 aliphatic heterocycles. The van der Waals surface area contributed by atoms with Crippen LogP contribution >= 0.6 is 11.6 Å². The number of hydrogen-bond donors (Lipinski definition) is 2. The second-order valence-electron chi connectivity index (χ2n) is 6.98. The van der Waals surface area contributed by atoms with E-state index in [1.54, 1.807) is 55.5 Å². The van der Waals surface area contributed by atoms with Gasteiger partial charge in [0.1, 0.15) is 5.75 Å². The van der Waals surface area contributed by atoms with Crippen LogP contribution in [0, 0.1) is 13.8 Å². The third kappa shape index (κ3) is 5.39. The Hall–Kier alpha value is -3.31. The van der Waals surface area contributed by atoms with E-state index in [-0.39, 0.29) is 11.8 Å². The van der Waals surface area contributed by atoms with Gasteiger partial charge < -0.3 is 15.4 Å². The summed E-state index contributed by atoms with van der Waals surface area (Å²) in [6, 6.07) is 19.3. The Labute approximate surface area is 181 Å². The van der Waals surface area contributed by atoms with E-state index in [0.717, 1.165) is 16.8 Å². The molecule has 3 aromatic rings. The van der Waals surface area contributed by atoms with Crippen LogP contribution in [0.25, 0.3) is 0 Å². The first-order valence-corrected chi connectivity index (χ1v) is 9.92. The van der Waals surface area contributed by atoms with E-state index in [9.17, 15) is 9.59 Å². The minimum absolute atomic E-state index is 0.242. The number of nitrogens with one attached hydrogen (secondary N) is 2. The fourth-order valence-electron chi connectivity index (χ4n) is 2.80. The summed E-state index contributed by atoms with van der Waals surface area (Å²) in [6.07, 6.45) is -0.696. The molecule has 0 aliphatic carbocycles. The molecule has 0 bridgehead atoms. The number of anilines is 2. The van der Waals surface area contributed by atoms with Crippen LogP contribution in [-0.2, 0) is 4.79 Å². The van der Waals surface area contributed by atoms with Crippen molar-refractivity contribution >= 4 is 34.8 Å². The summed E-state index contributed by atoms with van der Waals surface area (Å²) in [5.74, 6) is 0.0134. The molecule has 0 saturated carbocycles. The van der Waals surface area contributed by atoms with Crippen LogP contribution in [0.3, 0.4) is 0 Å². The summed E-state index contributed by atoms with van der Waals surface area (Å²) in [7, 11) is 0. The van der Waals surface area contributed by atoms with E-state index in [1.807, 2.05) is 32.0 Å². The first-order valence-electron chi connectivity index (χ1n) is 9.54. The number of carbonyl (C=O) groups excluding carboxylic acids is 2. The zero-order valence-electron chi connectivity index (χ0n) is 17.0. The maximum atomic E-state index is 12.5. The number of carbonyl (C=O) groups is 2. The van der Waals surface area contributed by atoms with Gasteiger partial charge in [-0.05, 0) is 86.5 Å². The largest absolute Gasteiger partial charge is 0.481 e. The minimum atomic E-state index is -0.696. The van der Waals surface area contributed by atoms with E-state index in [1.165, 1.54) is 0 Å². The Balaban J connectivity index is 1.59. The molecule has 154 valence electrons. The molecule has 0 aromatic heterocycles. The number of aryl methyl sites for hydroxylation is 1. The Kier molecular flexibility index (Phi) is 6.75. The third-order valence-corrected chi connectivity index (χ3v) is 5.02. The summed E-state index contributed by atoms with van der Waals surface area (Å²) < 4.78 is 5.73. The van der Waals surface area contributed by atoms with Crippen LogP contribution in [0.15, 0.2) is 66.7 Å². The Bertz CT molecular complexity index is 1050. The van der Waals surface area contributed by atoms with Crippen LogP contribution in [-0.4, -0.2) is 17.9 Å². The van der Waals surface area contributed by atoms with E-state index in [0.29, 0.717) is 22.0 Å². The van der Waals surface area contributed by atoms with Crippen molar-refractivity contribution in [1.29, 1.82) is 0 Å². The molecule has 0 aliphatic rings. The van der Waals surface area contributed by atoms with Gasteiger partial charge in [-0.25, -0.2) is 0 Å². The SMILES string of the molecule is Cc1cccc(NC(=O)[C@H](C)Oc2ccc(C(=O)Nc3ccc(Cl)cc3)cc2)c1C. The molecular weight excluding hydrogens is 400 g/mol. The van der Waals surface area contributed by atoms with Crippen molar-refractivity contribution in [2.24, 2.45) is 0 Å². The van der Waals surface area contributed by atoms with E-state index in [2.05, 4.69) is 10.6 Å². The predicted molar refractivity (Wildman–Crippen MR) is 120 cm³/mol. The van der Waals surface area contributed by atoms with Gasteiger partial charge in [-0.15, -0.1) is 0 Å². The number of benzene rings is 3. The highest BCUT2D eigenvalue weighted by Crippen LogP contribution is 2.20. The average molecular weight is 423 g/mol. The van der Waals surface area contributed by atoms with Gasteiger partial charge in [-0.2, -0.15) is 0 Å². The van der Waals surface area contributed by atoms with Crippen LogP contribution in [0.5, 0.6) is 5.75 Å². The summed E-state index contributed by atoms with van der Waals surface area (Å²) in [6.45, 7) is 5.64. The Morgan fingerprint density at radius 3 is 2.23 bits per heavy atom. The van der Waals surface area contributed by atoms with Crippen molar-refractivity contribution in [1.82, 2.24) is 0 Å². The number of ether oxygens (including phenoxy) is 1. The smallest absolute Gasteiger partial charge is 0.265 e. The molecule has 0 fully saturated rings. The molecule has 3 aromatic carbocycles. The van der Waals surface area contributed by atoms with E-state index < -0.39 is 6.10 Å². The van der Waals surface area contributed by atoms with Gasteiger partial charge in [0, 0.05) is 22.0 Å². The van der Waals surface area contributed by atoms with Gasteiger partial charge in [0.2, 0.25) is 0 Å². The second-order valence-corrected chi connectivity index (χ2v) is 7.42. The summed E-state index contributed by atoms with van der Waals surface area (Å²) in [4.78, 5) is 24.8. The minimum Gasteiger partial charge on any atom is -0.481 e. The number of amides is 2. The number of rotatable bonds is 6. The molecule has 0 heterocycles. The molecule has 5 nitrogen and oxygen atoms in total. The van der Waals surface area contributed by atoms with Crippen molar-refractivity contribution in [3.8, 4) is 5.75 Å². The average Bonchev–Trinajstić information content (AvgIpc) is 2.73. The second kappa shape index (κ2) is 9.46. The third-order valence-electron chi connectivity index (χ3n) is 4.76. The molecule has 0 spiro atoms. The zero-order valence-corrected chi connectivity index (χ0v) is 17.8. The van der Waals surface area contributed by atoms with Crippen LogP contribution < -0.4 is 15.4 Å². The summed E-state index contributed by atoms with van der Waals surface area (Å²) >= 11 is 5.85. The number of halogens is 1. The van der Waals surface area contributed by atoms with Crippen molar-refractivity contribution in [2.45, 2.75) is 26.9 Å². The fraction of sp³-hybridized carbons (Fsp3) is 0.167. The maximum Gasteiger partial charge on any atom is 0.265 e. The summed E-state index contributed by atoms with van der Waals surface area (Å²) in [5.41, 5.74) is 4.03. The molecule has 0 saturated heterocycles. The number of hydrogen-bond acceptors (Lipinski definition) is 3. The quantitative estimate of drug-likeness (QED) is 0.542. The first kappa shape index (κ1) is 21.4. The van der Waals surface area contributed by atoms with Crippen LogP contribution in [0.1, 0.15) is 28.4 Å². The monoisotopic (exact) mass is 422 g/mol. The van der Waals surface area contributed by atoms with Gasteiger partial charge in [-0.3, -0.25) is 9.59 Å². The Morgan fingerprint density at radius 1 is 0.900 bits per heavy atom. The van der Waals surface area contributed by atoms with Gasteiger partial charge in [0.15, 0.2) is 6.10 Å². The zero-order chi connectivity index (χ0) is 21.7. The highest BCUT2D eigenvalue weighted by molar-refractivity contribution is 6.30. The fourth-order valence-corrected chi connectivity index (χ4v) is 2.93. The highest BCUT2D eigenvalue weighted by atomic mass is 35.5. The van der Waals surface area contributed by atoms with Crippen molar-refractivity contribution in [3.63, 3.8) is 0 Å². The molecule has 6 heteroatoms. The molecule has 0 radical (unpaired) electrons. The van der Waals surface area contributed by atoms with Crippen molar-refractivity contribution in [2.75, 3.05) is 10.6 Å².